The summed E-state index contributed by atoms with van der Waals surface area (Å²) in [5, 5.41) is 0.545. The molecule has 2 aromatic rings. The van der Waals surface area contributed by atoms with Gasteiger partial charge in [-0.05, 0) is 48.1 Å². The van der Waals surface area contributed by atoms with Crippen LogP contribution in [0.4, 0.5) is 0 Å². The fourth-order valence-corrected chi connectivity index (χ4v) is 2.99. The van der Waals surface area contributed by atoms with Crippen LogP contribution < -0.4 is 0 Å². The molecule has 106 valence electrons. The fourth-order valence-electron chi connectivity index (χ4n) is 2.25. The second-order valence-electron chi connectivity index (χ2n) is 5.23. The van der Waals surface area contributed by atoms with E-state index in [1.165, 1.54) is 18.4 Å². The highest BCUT2D eigenvalue weighted by Crippen LogP contribution is 2.34. The van der Waals surface area contributed by atoms with Crippen LogP contribution in [-0.2, 0) is 6.42 Å². The SMILES string of the molecule is CCCCc1ccc(C(Cl)c2ccc(C)cc2Cl)cc1. The first-order valence-electron chi connectivity index (χ1n) is 7.10. The standard InChI is InChI=1S/C18H20Cl2/c1-3-4-5-14-7-9-15(10-8-14)18(20)16-11-6-13(2)12-17(16)19/h6-12,18H,3-5H2,1-2H3. The van der Waals surface area contributed by atoms with Crippen molar-refractivity contribution in [3.8, 4) is 0 Å². The van der Waals surface area contributed by atoms with Crippen molar-refractivity contribution in [2.24, 2.45) is 0 Å². The molecule has 0 saturated carbocycles. The lowest BCUT2D eigenvalue weighted by Crippen LogP contribution is -1.95. The Bertz CT molecular complexity index is 558. The van der Waals surface area contributed by atoms with E-state index in [1.807, 2.05) is 25.1 Å². The average Bonchev–Trinajstić information content (AvgIpc) is 2.45. The van der Waals surface area contributed by atoms with E-state index in [9.17, 15) is 0 Å². The van der Waals surface area contributed by atoms with Crippen molar-refractivity contribution in [3.63, 3.8) is 0 Å². The van der Waals surface area contributed by atoms with Gasteiger partial charge < -0.3 is 0 Å². The maximum Gasteiger partial charge on any atom is 0.0849 e. The van der Waals surface area contributed by atoms with Gasteiger partial charge in [-0.15, -0.1) is 11.6 Å². The number of alkyl halides is 1. The molecule has 0 N–H and O–H groups in total. The van der Waals surface area contributed by atoms with Crippen molar-refractivity contribution in [1.82, 2.24) is 0 Å². The normalized spacial score (nSPS) is 12.4. The molecule has 0 amide bonds. The fraction of sp³-hybridized carbons (Fsp3) is 0.333. The van der Waals surface area contributed by atoms with Gasteiger partial charge in [-0.3, -0.25) is 0 Å². The first-order valence-corrected chi connectivity index (χ1v) is 7.92. The average molecular weight is 307 g/mol. The zero-order valence-electron chi connectivity index (χ0n) is 12.0. The summed E-state index contributed by atoms with van der Waals surface area (Å²) in [7, 11) is 0. The Labute approximate surface area is 131 Å². The summed E-state index contributed by atoms with van der Waals surface area (Å²) < 4.78 is 0. The van der Waals surface area contributed by atoms with E-state index in [1.54, 1.807) is 0 Å². The topological polar surface area (TPSA) is 0 Å². The monoisotopic (exact) mass is 306 g/mol. The molecule has 2 aromatic carbocycles. The molecule has 0 bridgehead atoms. The second kappa shape index (κ2) is 7.15. The molecule has 0 heterocycles. The highest BCUT2D eigenvalue weighted by atomic mass is 35.5. The van der Waals surface area contributed by atoms with Gasteiger partial charge in [-0.2, -0.15) is 0 Å². The van der Waals surface area contributed by atoms with E-state index in [0.29, 0.717) is 0 Å². The first kappa shape index (κ1) is 15.4. The Hall–Kier alpha value is -0.980. The van der Waals surface area contributed by atoms with Gasteiger partial charge in [0.25, 0.3) is 0 Å². The number of rotatable bonds is 5. The number of hydrogen-bond acceptors (Lipinski definition) is 0. The number of halogens is 2. The minimum Gasteiger partial charge on any atom is -0.113 e. The summed E-state index contributed by atoms with van der Waals surface area (Å²) in [4.78, 5) is 0. The van der Waals surface area contributed by atoms with Gasteiger partial charge >= 0.3 is 0 Å². The lowest BCUT2D eigenvalue weighted by molar-refractivity contribution is 0.794. The van der Waals surface area contributed by atoms with Crippen LogP contribution in [0, 0.1) is 6.92 Å². The molecule has 2 rings (SSSR count). The van der Waals surface area contributed by atoms with Crippen molar-refractivity contribution in [2.75, 3.05) is 0 Å². The van der Waals surface area contributed by atoms with E-state index >= 15 is 0 Å². The number of unbranched alkanes of at least 4 members (excludes halogenated alkanes) is 1. The third-order valence-corrected chi connectivity index (χ3v) is 4.33. The molecule has 1 atom stereocenters. The van der Waals surface area contributed by atoms with Crippen LogP contribution in [0.3, 0.4) is 0 Å². The highest BCUT2D eigenvalue weighted by Gasteiger charge is 2.14. The van der Waals surface area contributed by atoms with Gasteiger partial charge in [-0.1, -0.05) is 61.3 Å². The number of aryl methyl sites for hydroxylation is 2. The quantitative estimate of drug-likeness (QED) is 0.567. The Kier molecular flexibility index (Phi) is 5.51. The van der Waals surface area contributed by atoms with Crippen molar-refractivity contribution in [1.29, 1.82) is 0 Å². The van der Waals surface area contributed by atoms with E-state index in [2.05, 4.69) is 31.2 Å². The zero-order valence-corrected chi connectivity index (χ0v) is 13.5. The lowest BCUT2D eigenvalue weighted by atomic mass is 10.0. The maximum atomic E-state index is 6.56. The van der Waals surface area contributed by atoms with Crippen LogP contribution in [0.25, 0.3) is 0 Å². The van der Waals surface area contributed by atoms with Crippen molar-refractivity contribution < 1.29 is 0 Å². The second-order valence-corrected chi connectivity index (χ2v) is 6.08. The lowest BCUT2D eigenvalue weighted by Gasteiger charge is -2.13. The summed E-state index contributed by atoms with van der Waals surface area (Å²) in [5.41, 5.74) is 4.59. The van der Waals surface area contributed by atoms with Gasteiger partial charge in [0.2, 0.25) is 0 Å². The molecular weight excluding hydrogens is 287 g/mol. The van der Waals surface area contributed by atoms with Crippen molar-refractivity contribution >= 4 is 23.2 Å². The van der Waals surface area contributed by atoms with Gasteiger partial charge in [-0.25, -0.2) is 0 Å². The molecule has 0 saturated heterocycles. The molecule has 0 spiro atoms. The largest absolute Gasteiger partial charge is 0.113 e. The summed E-state index contributed by atoms with van der Waals surface area (Å²) in [6.45, 7) is 4.24. The predicted molar refractivity (Wildman–Crippen MR) is 88.9 cm³/mol. The summed E-state index contributed by atoms with van der Waals surface area (Å²) in [6, 6.07) is 14.6. The van der Waals surface area contributed by atoms with Crippen LogP contribution in [-0.4, -0.2) is 0 Å². The Morgan fingerprint density at radius 3 is 2.35 bits per heavy atom. The van der Waals surface area contributed by atoms with Gasteiger partial charge in [0.1, 0.15) is 0 Å². The minimum atomic E-state index is -0.191. The van der Waals surface area contributed by atoms with Gasteiger partial charge in [0, 0.05) is 5.02 Å². The first-order chi connectivity index (χ1) is 9.61. The van der Waals surface area contributed by atoms with Crippen LogP contribution >= 0.6 is 23.2 Å². The predicted octanol–water partition coefficient (Wildman–Crippen LogP) is 6.32. The number of hydrogen-bond donors (Lipinski definition) is 0. The molecule has 0 aliphatic carbocycles. The molecule has 0 aliphatic heterocycles. The van der Waals surface area contributed by atoms with E-state index in [-0.39, 0.29) is 5.38 Å². The zero-order chi connectivity index (χ0) is 14.5. The summed E-state index contributed by atoms with van der Waals surface area (Å²) in [5.74, 6) is 0. The Balaban J connectivity index is 2.18. The molecule has 0 nitrogen and oxygen atoms in total. The molecule has 2 heteroatoms. The molecule has 0 fully saturated rings. The number of benzene rings is 2. The maximum absolute atomic E-state index is 6.56. The molecule has 0 radical (unpaired) electrons. The van der Waals surface area contributed by atoms with Gasteiger partial charge in [0.15, 0.2) is 0 Å². The molecule has 1 unspecified atom stereocenters. The molecule has 0 aromatic heterocycles. The van der Waals surface area contributed by atoms with E-state index in [0.717, 1.165) is 28.1 Å². The third kappa shape index (κ3) is 3.77. The smallest absolute Gasteiger partial charge is 0.0849 e. The molecule has 0 aliphatic rings. The van der Waals surface area contributed by atoms with Crippen LogP contribution in [0.15, 0.2) is 42.5 Å². The van der Waals surface area contributed by atoms with E-state index in [4.69, 9.17) is 23.2 Å². The summed E-state index contributed by atoms with van der Waals surface area (Å²) in [6.07, 6.45) is 3.58. The Morgan fingerprint density at radius 2 is 1.75 bits per heavy atom. The van der Waals surface area contributed by atoms with E-state index < -0.39 is 0 Å². The van der Waals surface area contributed by atoms with Crippen LogP contribution in [0.1, 0.15) is 47.4 Å². The highest BCUT2D eigenvalue weighted by molar-refractivity contribution is 6.33. The Morgan fingerprint density at radius 1 is 1.05 bits per heavy atom. The van der Waals surface area contributed by atoms with Gasteiger partial charge in [0.05, 0.1) is 5.38 Å². The molecule has 20 heavy (non-hydrogen) atoms. The third-order valence-electron chi connectivity index (χ3n) is 3.52. The summed E-state index contributed by atoms with van der Waals surface area (Å²) >= 11 is 12.9. The van der Waals surface area contributed by atoms with Crippen molar-refractivity contribution in [2.45, 2.75) is 38.5 Å². The van der Waals surface area contributed by atoms with Crippen molar-refractivity contribution in [3.05, 3.63) is 69.7 Å². The van der Waals surface area contributed by atoms with Crippen LogP contribution in [0.5, 0.6) is 0 Å². The van der Waals surface area contributed by atoms with Crippen LogP contribution in [0.2, 0.25) is 5.02 Å². The minimum absolute atomic E-state index is 0.191. The molecular formula is C18H20Cl2.